The summed E-state index contributed by atoms with van der Waals surface area (Å²) in [4.78, 5) is 24.3. The van der Waals surface area contributed by atoms with Crippen LogP contribution in [0.1, 0.15) is 46.5 Å². The predicted molar refractivity (Wildman–Crippen MR) is 126 cm³/mol. The van der Waals surface area contributed by atoms with Crippen molar-refractivity contribution in [1.82, 2.24) is 0 Å². The Hall–Kier alpha value is -1.30. The van der Waals surface area contributed by atoms with Crippen LogP contribution in [0.3, 0.4) is 0 Å². The monoisotopic (exact) mass is 524 g/mol. The number of carbonyl (C=O) groups is 2. The number of hydrogen-bond donors (Lipinski definition) is 2. The number of aliphatic carboxylic acids is 1. The number of ketones is 1. The molecule has 2 saturated heterocycles. The fourth-order valence-electron chi connectivity index (χ4n) is 9.12. The molecule has 0 bridgehead atoms. The molecule has 0 radical (unpaired) electrons. The average Bonchev–Trinajstić information content (AvgIpc) is 3.50. The Balaban J connectivity index is 1.44. The van der Waals surface area contributed by atoms with Gasteiger partial charge < -0.3 is 29.2 Å². The van der Waals surface area contributed by atoms with Crippen molar-refractivity contribution in [2.24, 2.45) is 28.6 Å². The molecule has 0 aromatic carbocycles. The van der Waals surface area contributed by atoms with Gasteiger partial charge in [0.15, 0.2) is 25.0 Å². The van der Waals surface area contributed by atoms with Crippen LogP contribution in [0.25, 0.3) is 0 Å². The van der Waals surface area contributed by atoms with Gasteiger partial charge >= 0.3 is 5.97 Å². The Bertz CT molecular complexity index is 1060. The van der Waals surface area contributed by atoms with Gasteiger partial charge in [-0.2, -0.15) is 0 Å². The third-order valence-corrected chi connectivity index (χ3v) is 11.6. The number of fused-ring (bicyclic) bond motifs is 7. The summed E-state index contributed by atoms with van der Waals surface area (Å²) in [5.41, 5.74) is -4.17. The van der Waals surface area contributed by atoms with Crippen LogP contribution in [-0.4, -0.2) is 71.1 Å². The molecule has 5 fully saturated rings. The number of carboxylic acid groups (broad SMARTS) is 1. The molecule has 0 aromatic rings. The van der Waals surface area contributed by atoms with E-state index in [1.165, 1.54) is 6.08 Å². The van der Waals surface area contributed by atoms with Gasteiger partial charge in [0.25, 0.3) is 0 Å². The van der Waals surface area contributed by atoms with Crippen LogP contribution >= 0.6 is 11.8 Å². The van der Waals surface area contributed by atoms with Crippen LogP contribution < -0.4 is 0 Å². The fourth-order valence-corrected chi connectivity index (χ4v) is 10.1. The molecule has 2 heterocycles. The Morgan fingerprint density at radius 3 is 2.67 bits per heavy atom. The smallest absolute Gasteiger partial charge is 0.313 e. The van der Waals surface area contributed by atoms with Crippen molar-refractivity contribution in [3.8, 4) is 0 Å². The number of alkyl halides is 1. The molecule has 36 heavy (non-hydrogen) atoms. The van der Waals surface area contributed by atoms with E-state index >= 15 is 4.39 Å². The predicted octanol–water partition coefficient (Wildman–Crippen LogP) is 3.19. The second-order valence-corrected chi connectivity index (χ2v) is 12.7. The van der Waals surface area contributed by atoms with Crippen LogP contribution in [0.4, 0.5) is 4.39 Å². The van der Waals surface area contributed by atoms with Crippen molar-refractivity contribution in [2.75, 3.05) is 25.9 Å². The third kappa shape index (κ3) is 2.73. The molecule has 2 aliphatic heterocycles. The molecule has 6 rings (SSSR count). The second kappa shape index (κ2) is 7.86. The average molecular weight is 525 g/mol. The maximum atomic E-state index is 17.7. The highest BCUT2D eigenvalue weighted by molar-refractivity contribution is 8.04. The van der Waals surface area contributed by atoms with Gasteiger partial charge in [-0.05, 0) is 56.1 Å². The quantitative estimate of drug-likeness (QED) is 0.575. The minimum Gasteiger partial charge on any atom is -0.481 e. The second-order valence-electron chi connectivity index (χ2n) is 11.7. The van der Waals surface area contributed by atoms with Crippen LogP contribution in [0, 0.1) is 28.6 Å². The number of ether oxygens (including phenoxy) is 4. The molecular formula is C26H33FO8S. The first kappa shape index (κ1) is 25.0. The topological polar surface area (TPSA) is 112 Å². The molecule has 4 aliphatic carbocycles. The number of aliphatic hydroxyl groups excluding tert-OH is 1. The number of aliphatic hydroxyl groups is 1. The molecule has 6 aliphatic rings. The number of carbonyl (C=O) groups excluding carboxylic acids is 1. The van der Waals surface area contributed by atoms with E-state index in [0.717, 1.165) is 11.8 Å². The van der Waals surface area contributed by atoms with E-state index in [2.05, 4.69) is 13.8 Å². The van der Waals surface area contributed by atoms with Gasteiger partial charge in [-0.1, -0.05) is 19.9 Å². The number of allylic oxidation sites excluding steroid dienone is 4. The van der Waals surface area contributed by atoms with E-state index in [4.69, 9.17) is 18.9 Å². The zero-order valence-corrected chi connectivity index (χ0v) is 21.6. The number of hydrogen-bond acceptors (Lipinski definition) is 8. The van der Waals surface area contributed by atoms with Gasteiger partial charge in [0.2, 0.25) is 5.79 Å². The van der Waals surface area contributed by atoms with Gasteiger partial charge in [0.1, 0.15) is 12.2 Å². The lowest BCUT2D eigenvalue weighted by molar-refractivity contribution is -0.277. The van der Waals surface area contributed by atoms with E-state index in [-0.39, 0.29) is 50.0 Å². The van der Waals surface area contributed by atoms with Crippen LogP contribution in [-0.2, 0) is 28.5 Å². The summed E-state index contributed by atoms with van der Waals surface area (Å²) in [6, 6.07) is 0. The summed E-state index contributed by atoms with van der Waals surface area (Å²) in [6.07, 6.45) is 3.37. The van der Waals surface area contributed by atoms with Gasteiger partial charge in [-0.15, -0.1) is 11.8 Å². The molecule has 2 spiro atoms. The molecule has 3 saturated carbocycles. The van der Waals surface area contributed by atoms with Crippen LogP contribution in [0.5, 0.6) is 0 Å². The minimum absolute atomic E-state index is 0.0267. The van der Waals surface area contributed by atoms with Crippen LogP contribution in [0.2, 0.25) is 0 Å². The molecule has 1 unspecified atom stereocenters. The summed E-state index contributed by atoms with van der Waals surface area (Å²) in [6.45, 7) is 6.29. The lowest BCUT2D eigenvalue weighted by atomic mass is 9.44. The Morgan fingerprint density at radius 2 is 1.97 bits per heavy atom. The molecule has 2 N–H and O–H groups in total. The molecule has 0 amide bonds. The zero-order valence-electron chi connectivity index (χ0n) is 20.8. The van der Waals surface area contributed by atoms with Crippen molar-refractivity contribution >= 4 is 23.5 Å². The summed E-state index contributed by atoms with van der Waals surface area (Å²) < 4.78 is 41.8. The van der Waals surface area contributed by atoms with E-state index in [9.17, 15) is 19.8 Å². The molecule has 10 heteroatoms. The maximum Gasteiger partial charge on any atom is 0.313 e. The molecule has 0 aromatic heterocycles. The van der Waals surface area contributed by atoms with E-state index in [1.54, 1.807) is 13.0 Å². The van der Waals surface area contributed by atoms with E-state index in [1.807, 2.05) is 0 Å². The first-order valence-electron chi connectivity index (χ1n) is 12.7. The van der Waals surface area contributed by atoms with E-state index < -0.39 is 45.9 Å². The van der Waals surface area contributed by atoms with Crippen molar-refractivity contribution < 1.29 is 43.1 Å². The molecule has 8 nitrogen and oxygen atoms in total. The number of carboxylic acids is 1. The highest BCUT2D eigenvalue weighted by atomic mass is 32.2. The SMILES string of the molecule is C[C@@H]1C[C@H]2[C@@H]3CCC4=C(SCC(=O)O)C(=O)C=C[C@]4(C)[C@@]3(F)[C@@H](O)C[C@]2(C)[C@]12OCOC21COCO1. The van der Waals surface area contributed by atoms with Crippen molar-refractivity contribution in [2.45, 2.75) is 69.6 Å². The third-order valence-electron chi connectivity index (χ3n) is 10.4. The van der Waals surface area contributed by atoms with Gasteiger partial charge in [-0.25, -0.2) is 4.39 Å². The molecule has 9 atom stereocenters. The lowest BCUT2D eigenvalue weighted by Crippen LogP contribution is -2.71. The summed E-state index contributed by atoms with van der Waals surface area (Å²) in [5, 5.41) is 20.9. The Morgan fingerprint density at radius 1 is 1.22 bits per heavy atom. The minimum atomic E-state index is -2.03. The highest BCUT2D eigenvalue weighted by Crippen LogP contribution is 2.74. The number of rotatable bonds is 3. The largest absolute Gasteiger partial charge is 0.481 e. The molecule has 198 valence electrons. The zero-order chi connectivity index (χ0) is 25.7. The normalized spacial score (nSPS) is 51.6. The Kier molecular flexibility index (Phi) is 5.46. The van der Waals surface area contributed by atoms with Crippen molar-refractivity contribution in [1.29, 1.82) is 0 Å². The van der Waals surface area contributed by atoms with Gasteiger partial charge in [0, 0.05) is 16.7 Å². The van der Waals surface area contributed by atoms with Crippen LogP contribution in [0.15, 0.2) is 22.6 Å². The van der Waals surface area contributed by atoms with Gasteiger partial charge in [0.05, 0.1) is 16.8 Å². The fraction of sp³-hybridized carbons (Fsp3) is 0.769. The maximum absolute atomic E-state index is 17.7. The lowest BCUT2D eigenvalue weighted by Gasteiger charge is -2.63. The standard InChI is InChI=1S/C26H33FO8S/c1-14-8-17-15-4-5-16-21(36-10-20(30)31)18(28)6-7-22(16,2)25(15,27)19(29)9-23(17,3)26(14)24(34-13-35-26)11-32-12-33-24/h6-7,14-15,17,19,29H,4-5,8-13H2,1-3H3,(H,30,31)/t14-,15+,17+,19+,22+,23+,24?,25+,26-/m1/s1. The number of thioether (sulfide) groups is 1. The van der Waals surface area contributed by atoms with Gasteiger partial charge in [-0.3, -0.25) is 9.59 Å². The van der Waals surface area contributed by atoms with Crippen molar-refractivity contribution in [3.63, 3.8) is 0 Å². The van der Waals surface area contributed by atoms with E-state index in [0.29, 0.717) is 29.7 Å². The number of halogens is 1. The van der Waals surface area contributed by atoms with Crippen molar-refractivity contribution in [3.05, 3.63) is 22.6 Å². The highest BCUT2D eigenvalue weighted by Gasteiger charge is 2.81. The molecular weight excluding hydrogens is 491 g/mol. The summed E-state index contributed by atoms with van der Waals surface area (Å²) in [5.74, 6) is -3.34. The summed E-state index contributed by atoms with van der Waals surface area (Å²) in [7, 11) is 0. The Labute approximate surface area is 213 Å². The first-order valence-corrected chi connectivity index (χ1v) is 13.6. The summed E-state index contributed by atoms with van der Waals surface area (Å²) >= 11 is 0.948. The first-order chi connectivity index (χ1) is 17.0.